The van der Waals surface area contributed by atoms with E-state index in [1.54, 1.807) is 0 Å². The number of benzene rings is 2. The van der Waals surface area contributed by atoms with Crippen LogP contribution in [0.4, 0.5) is 0 Å². The lowest BCUT2D eigenvalue weighted by Crippen LogP contribution is -2.22. The maximum atomic E-state index is 12.7. The molecule has 0 fully saturated rings. The van der Waals surface area contributed by atoms with Crippen molar-refractivity contribution in [3.8, 4) is 11.1 Å². The van der Waals surface area contributed by atoms with Gasteiger partial charge in [0.25, 0.3) is 0 Å². The molecule has 0 unspecified atom stereocenters. The molecule has 24 heavy (non-hydrogen) atoms. The highest BCUT2D eigenvalue weighted by molar-refractivity contribution is 9.10. The molecule has 0 aliphatic heterocycles. The summed E-state index contributed by atoms with van der Waals surface area (Å²) >= 11 is 3.35. The largest absolute Gasteiger partial charge is 0.463 e. The van der Waals surface area contributed by atoms with Gasteiger partial charge in [0.2, 0.25) is 10.0 Å². The van der Waals surface area contributed by atoms with Gasteiger partial charge in [0.15, 0.2) is 5.43 Å². The van der Waals surface area contributed by atoms with Crippen LogP contribution >= 0.6 is 15.9 Å². The van der Waals surface area contributed by atoms with Crippen LogP contribution in [0.5, 0.6) is 0 Å². The predicted octanol–water partition coefficient (Wildman–Crippen LogP) is 3.47. The summed E-state index contributed by atoms with van der Waals surface area (Å²) < 4.78 is 31.9. The highest BCUT2D eigenvalue weighted by atomic mass is 79.9. The van der Waals surface area contributed by atoms with Gasteiger partial charge in [-0.05, 0) is 29.8 Å². The average Bonchev–Trinajstić information content (AvgIpc) is 2.56. The van der Waals surface area contributed by atoms with E-state index in [2.05, 4.69) is 15.9 Å². The van der Waals surface area contributed by atoms with E-state index in [0.717, 1.165) is 14.3 Å². The molecular weight excluding hydrogens is 394 g/mol. The topological polar surface area (TPSA) is 67.6 Å². The number of fused-ring (bicyclic) bond motifs is 1. The van der Waals surface area contributed by atoms with Crippen molar-refractivity contribution >= 4 is 36.9 Å². The summed E-state index contributed by atoms with van der Waals surface area (Å²) in [7, 11) is -0.681. The molecule has 0 amide bonds. The maximum Gasteiger partial charge on any atom is 0.242 e. The standard InChI is InChI=1S/C17H14BrNO4S/c1-19(2)24(21,22)13-7-8-14-16(9-13)23-10-15(17(14)20)11-3-5-12(18)6-4-11/h3-10H,1-2H3. The van der Waals surface area contributed by atoms with Gasteiger partial charge in [-0.25, -0.2) is 12.7 Å². The summed E-state index contributed by atoms with van der Waals surface area (Å²) in [5, 5.41) is 0.341. The Labute approximate surface area is 147 Å². The molecule has 124 valence electrons. The van der Waals surface area contributed by atoms with Crippen LogP contribution in [0.1, 0.15) is 0 Å². The van der Waals surface area contributed by atoms with Gasteiger partial charge in [0.05, 0.1) is 15.8 Å². The van der Waals surface area contributed by atoms with Gasteiger partial charge < -0.3 is 4.42 Å². The first-order chi connectivity index (χ1) is 11.3. The zero-order chi connectivity index (χ0) is 17.5. The highest BCUT2D eigenvalue weighted by Gasteiger charge is 2.19. The second kappa shape index (κ2) is 6.16. The van der Waals surface area contributed by atoms with E-state index in [4.69, 9.17) is 4.42 Å². The summed E-state index contributed by atoms with van der Waals surface area (Å²) in [6, 6.07) is 11.6. The Morgan fingerprint density at radius 3 is 2.33 bits per heavy atom. The molecule has 3 rings (SSSR count). The zero-order valence-electron chi connectivity index (χ0n) is 13.0. The second-order valence-electron chi connectivity index (χ2n) is 5.43. The molecular formula is C17H14BrNO4S. The third-order valence-electron chi connectivity index (χ3n) is 3.68. The molecule has 0 saturated carbocycles. The van der Waals surface area contributed by atoms with Crippen molar-refractivity contribution in [2.24, 2.45) is 0 Å². The third kappa shape index (κ3) is 2.90. The number of halogens is 1. The Morgan fingerprint density at radius 2 is 1.71 bits per heavy atom. The molecule has 0 bridgehead atoms. The van der Waals surface area contributed by atoms with Crippen molar-refractivity contribution in [2.75, 3.05) is 14.1 Å². The number of hydrogen-bond acceptors (Lipinski definition) is 4. The van der Waals surface area contributed by atoms with Gasteiger partial charge in [-0.1, -0.05) is 28.1 Å². The van der Waals surface area contributed by atoms with Gasteiger partial charge in [0.1, 0.15) is 11.8 Å². The molecule has 1 aromatic heterocycles. The number of sulfonamides is 1. The van der Waals surface area contributed by atoms with Crippen LogP contribution in [0, 0.1) is 0 Å². The lowest BCUT2D eigenvalue weighted by atomic mass is 10.1. The highest BCUT2D eigenvalue weighted by Crippen LogP contribution is 2.24. The molecule has 0 saturated heterocycles. The van der Waals surface area contributed by atoms with Crippen molar-refractivity contribution in [1.82, 2.24) is 4.31 Å². The van der Waals surface area contributed by atoms with Gasteiger partial charge in [-0.2, -0.15) is 0 Å². The zero-order valence-corrected chi connectivity index (χ0v) is 15.4. The number of nitrogens with zero attached hydrogens (tertiary/aromatic N) is 1. The average molecular weight is 408 g/mol. The lowest BCUT2D eigenvalue weighted by Gasteiger charge is -2.11. The quantitative estimate of drug-likeness (QED) is 0.666. The summed E-state index contributed by atoms with van der Waals surface area (Å²) in [6.45, 7) is 0. The summed E-state index contributed by atoms with van der Waals surface area (Å²) in [4.78, 5) is 12.8. The van der Waals surface area contributed by atoms with E-state index in [-0.39, 0.29) is 15.9 Å². The van der Waals surface area contributed by atoms with E-state index >= 15 is 0 Å². The smallest absolute Gasteiger partial charge is 0.242 e. The van der Waals surface area contributed by atoms with Crippen LogP contribution in [0.3, 0.4) is 0 Å². The third-order valence-corrected chi connectivity index (χ3v) is 6.02. The van der Waals surface area contributed by atoms with Crippen LogP contribution in [0.2, 0.25) is 0 Å². The first-order valence-electron chi connectivity index (χ1n) is 7.05. The summed E-state index contributed by atoms with van der Waals surface area (Å²) in [5.74, 6) is 0. The predicted molar refractivity (Wildman–Crippen MR) is 96.5 cm³/mol. The van der Waals surface area contributed by atoms with Crippen molar-refractivity contribution in [3.63, 3.8) is 0 Å². The first kappa shape index (κ1) is 16.9. The Hall–Kier alpha value is -1.96. The molecule has 0 aliphatic carbocycles. The molecule has 5 nitrogen and oxygen atoms in total. The number of rotatable bonds is 3. The summed E-state index contributed by atoms with van der Waals surface area (Å²) in [5.41, 5.74) is 1.20. The fraction of sp³-hybridized carbons (Fsp3) is 0.118. The van der Waals surface area contributed by atoms with Crippen LogP contribution in [-0.4, -0.2) is 26.8 Å². The Kier molecular flexibility index (Phi) is 4.33. The van der Waals surface area contributed by atoms with Crippen LogP contribution in [-0.2, 0) is 10.0 Å². The molecule has 2 aromatic carbocycles. The molecule has 0 aliphatic rings. The van der Waals surface area contributed by atoms with Gasteiger partial charge in [-0.15, -0.1) is 0 Å². The monoisotopic (exact) mass is 407 g/mol. The van der Waals surface area contributed by atoms with Crippen molar-refractivity contribution in [3.05, 3.63) is 63.4 Å². The van der Waals surface area contributed by atoms with Gasteiger partial charge in [-0.3, -0.25) is 4.79 Å². The fourth-order valence-corrected chi connectivity index (χ4v) is 3.49. The maximum absolute atomic E-state index is 12.7. The minimum Gasteiger partial charge on any atom is -0.463 e. The van der Waals surface area contributed by atoms with Crippen LogP contribution in [0.15, 0.2) is 67.3 Å². The lowest BCUT2D eigenvalue weighted by molar-refractivity contribution is 0.520. The molecule has 3 aromatic rings. The molecule has 0 atom stereocenters. The molecule has 0 radical (unpaired) electrons. The van der Waals surface area contributed by atoms with E-state index in [1.807, 2.05) is 24.3 Å². The van der Waals surface area contributed by atoms with Crippen LogP contribution in [0.25, 0.3) is 22.1 Å². The fourth-order valence-electron chi connectivity index (χ4n) is 2.31. The SMILES string of the molecule is CN(C)S(=O)(=O)c1ccc2c(=O)c(-c3ccc(Br)cc3)coc2c1. The Balaban J connectivity index is 2.18. The second-order valence-corrected chi connectivity index (χ2v) is 8.50. The minimum absolute atomic E-state index is 0.0829. The van der Waals surface area contributed by atoms with Crippen molar-refractivity contribution in [2.45, 2.75) is 4.90 Å². The first-order valence-corrected chi connectivity index (χ1v) is 9.28. The Morgan fingerprint density at radius 1 is 1.04 bits per heavy atom. The summed E-state index contributed by atoms with van der Waals surface area (Å²) in [6.07, 6.45) is 1.36. The Bertz CT molecular complexity index is 1070. The van der Waals surface area contributed by atoms with Crippen molar-refractivity contribution in [1.29, 1.82) is 0 Å². The molecule has 0 N–H and O–H groups in total. The van der Waals surface area contributed by atoms with E-state index in [0.29, 0.717) is 10.9 Å². The van der Waals surface area contributed by atoms with Gasteiger partial charge >= 0.3 is 0 Å². The molecule has 0 spiro atoms. The van der Waals surface area contributed by atoms with Crippen molar-refractivity contribution < 1.29 is 12.8 Å². The van der Waals surface area contributed by atoms with Gasteiger partial charge in [0, 0.05) is 24.6 Å². The molecule has 7 heteroatoms. The van der Waals surface area contributed by atoms with E-state index in [1.165, 1.54) is 38.6 Å². The van der Waals surface area contributed by atoms with E-state index in [9.17, 15) is 13.2 Å². The minimum atomic E-state index is -3.58. The molecule has 1 heterocycles. The normalized spacial score (nSPS) is 12.0. The number of hydrogen-bond donors (Lipinski definition) is 0. The van der Waals surface area contributed by atoms with Crippen LogP contribution < -0.4 is 5.43 Å². The van der Waals surface area contributed by atoms with E-state index < -0.39 is 10.0 Å².